The lowest BCUT2D eigenvalue weighted by atomic mass is 10.2. The van der Waals surface area contributed by atoms with Crippen molar-refractivity contribution in [2.75, 3.05) is 0 Å². The van der Waals surface area contributed by atoms with Crippen LogP contribution in [0.3, 0.4) is 0 Å². The molecular formula is C7H7NO3. The highest BCUT2D eigenvalue weighted by molar-refractivity contribution is 5.92. The Morgan fingerprint density at radius 1 is 1.36 bits per heavy atom. The zero-order chi connectivity index (χ0) is 8.27. The summed E-state index contributed by atoms with van der Waals surface area (Å²) in [6.07, 6.45) is 0. The van der Waals surface area contributed by atoms with Crippen molar-refractivity contribution in [2.24, 2.45) is 5.73 Å². The number of nitrogens with two attached hydrogens (primary N) is 1. The lowest BCUT2D eigenvalue weighted by molar-refractivity contribution is -0.137. The number of amides is 1. The van der Waals surface area contributed by atoms with Gasteiger partial charge in [-0.1, -0.05) is 0 Å². The highest BCUT2D eigenvalue weighted by Crippen LogP contribution is 2.10. The first-order valence-corrected chi connectivity index (χ1v) is 2.95. The lowest BCUT2D eigenvalue weighted by Gasteiger charge is -1.96. The predicted molar refractivity (Wildman–Crippen MR) is 38.2 cm³/mol. The molecule has 0 aliphatic carbocycles. The van der Waals surface area contributed by atoms with E-state index in [0.717, 1.165) is 0 Å². The topological polar surface area (TPSA) is 72.6 Å². The van der Waals surface area contributed by atoms with Crippen LogP contribution in [0.15, 0.2) is 24.3 Å². The SMILES string of the molecule is NC(=O)c1ccc(OO)cc1. The predicted octanol–water partition coefficient (Wildman–Crippen LogP) is 0.637. The third-order valence-corrected chi connectivity index (χ3v) is 1.24. The van der Waals surface area contributed by atoms with Gasteiger partial charge in [-0.25, -0.2) is 5.26 Å². The van der Waals surface area contributed by atoms with Crippen LogP contribution in [0.2, 0.25) is 0 Å². The summed E-state index contributed by atoms with van der Waals surface area (Å²) >= 11 is 0. The second-order valence-electron chi connectivity index (χ2n) is 1.98. The molecule has 0 unspecified atom stereocenters. The van der Waals surface area contributed by atoms with E-state index in [9.17, 15) is 4.79 Å². The van der Waals surface area contributed by atoms with Crippen LogP contribution in [0, 0.1) is 0 Å². The summed E-state index contributed by atoms with van der Waals surface area (Å²) in [5.41, 5.74) is 5.34. The van der Waals surface area contributed by atoms with Gasteiger partial charge in [0.1, 0.15) is 0 Å². The molecule has 0 saturated heterocycles. The van der Waals surface area contributed by atoms with Gasteiger partial charge < -0.3 is 10.6 Å². The van der Waals surface area contributed by atoms with Crippen molar-refractivity contribution in [3.05, 3.63) is 29.8 Å². The van der Waals surface area contributed by atoms with Crippen LogP contribution in [-0.4, -0.2) is 11.2 Å². The van der Waals surface area contributed by atoms with Gasteiger partial charge in [0.05, 0.1) is 0 Å². The molecule has 1 amide bonds. The monoisotopic (exact) mass is 153 g/mol. The Morgan fingerprint density at radius 3 is 2.27 bits per heavy atom. The second-order valence-corrected chi connectivity index (χ2v) is 1.98. The fourth-order valence-electron chi connectivity index (χ4n) is 0.680. The minimum atomic E-state index is -0.505. The van der Waals surface area contributed by atoms with E-state index >= 15 is 0 Å². The maximum atomic E-state index is 10.5. The van der Waals surface area contributed by atoms with Gasteiger partial charge in [0.25, 0.3) is 0 Å². The molecule has 0 aliphatic rings. The molecule has 4 heteroatoms. The summed E-state index contributed by atoms with van der Waals surface area (Å²) in [6, 6.07) is 5.82. The standard InChI is InChI=1S/C7H7NO3/c8-7(9)5-1-3-6(11-10)4-2-5/h1-4,10H,(H2,8,9). The maximum absolute atomic E-state index is 10.5. The molecule has 0 spiro atoms. The number of hydrogen-bond acceptors (Lipinski definition) is 3. The van der Waals surface area contributed by atoms with Crippen molar-refractivity contribution in [1.29, 1.82) is 0 Å². The molecule has 11 heavy (non-hydrogen) atoms. The van der Waals surface area contributed by atoms with Gasteiger partial charge in [-0.15, -0.1) is 0 Å². The molecule has 0 heterocycles. The second kappa shape index (κ2) is 3.03. The Bertz CT molecular complexity index is 255. The Morgan fingerprint density at radius 2 is 1.91 bits per heavy atom. The Kier molecular flexibility index (Phi) is 2.08. The summed E-state index contributed by atoms with van der Waals surface area (Å²) in [7, 11) is 0. The molecule has 58 valence electrons. The Labute approximate surface area is 63.1 Å². The zero-order valence-electron chi connectivity index (χ0n) is 5.65. The highest BCUT2D eigenvalue weighted by atomic mass is 17.1. The summed E-state index contributed by atoms with van der Waals surface area (Å²) < 4.78 is 0. The van der Waals surface area contributed by atoms with Crippen molar-refractivity contribution in [3.8, 4) is 5.75 Å². The van der Waals surface area contributed by atoms with E-state index in [4.69, 9.17) is 11.0 Å². The zero-order valence-corrected chi connectivity index (χ0v) is 5.65. The highest BCUT2D eigenvalue weighted by Gasteiger charge is 1.98. The number of rotatable bonds is 2. The van der Waals surface area contributed by atoms with Crippen LogP contribution >= 0.6 is 0 Å². The van der Waals surface area contributed by atoms with Crippen LogP contribution in [0.4, 0.5) is 0 Å². The molecule has 1 aromatic carbocycles. The van der Waals surface area contributed by atoms with Gasteiger partial charge in [-0.2, -0.15) is 0 Å². The molecule has 0 fully saturated rings. The van der Waals surface area contributed by atoms with Gasteiger partial charge >= 0.3 is 0 Å². The third kappa shape index (κ3) is 1.68. The quantitative estimate of drug-likeness (QED) is 0.483. The van der Waals surface area contributed by atoms with Crippen molar-refractivity contribution in [3.63, 3.8) is 0 Å². The summed E-state index contributed by atoms with van der Waals surface area (Å²) in [4.78, 5) is 14.4. The summed E-state index contributed by atoms with van der Waals surface area (Å²) in [6.45, 7) is 0. The van der Waals surface area contributed by atoms with E-state index in [1.165, 1.54) is 24.3 Å². The minimum absolute atomic E-state index is 0.273. The van der Waals surface area contributed by atoms with Crippen LogP contribution in [0.1, 0.15) is 10.4 Å². The number of benzene rings is 1. The van der Waals surface area contributed by atoms with Crippen LogP contribution in [0.5, 0.6) is 5.75 Å². The Balaban J connectivity index is 2.91. The van der Waals surface area contributed by atoms with E-state index in [2.05, 4.69) is 4.89 Å². The van der Waals surface area contributed by atoms with E-state index in [1.54, 1.807) is 0 Å². The first kappa shape index (κ1) is 7.56. The molecule has 1 aromatic rings. The van der Waals surface area contributed by atoms with E-state index in [-0.39, 0.29) is 5.75 Å². The molecule has 0 aliphatic heterocycles. The molecule has 1 rings (SSSR count). The van der Waals surface area contributed by atoms with Crippen LogP contribution in [-0.2, 0) is 0 Å². The van der Waals surface area contributed by atoms with Gasteiger partial charge in [0.15, 0.2) is 5.75 Å². The number of primary amides is 1. The van der Waals surface area contributed by atoms with Crippen molar-refractivity contribution in [2.45, 2.75) is 0 Å². The van der Waals surface area contributed by atoms with Gasteiger partial charge in [0.2, 0.25) is 5.91 Å². The normalized spacial score (nSPS) is 9.18. The van der Waals surface area contributed by atoms with Crippen molar-refractivity contribution >= 4 is 5.91 Å². The maximum Gasteiger partial charge on any atom is 0.248 e. The summed E-state index contributed by atoms with van der Waals surface area (Å²) in [5.74, 6) is -0.232. The first-order valence-electron chi connectivity index (χ1n) is 2.95. The molecule has 0 aromatic heterocycles. The van der Waals surface area contributed by atoms with E-state index in [1.807, 2.05) is 0 Å². The van der Waals surface area contributed by atoms with Gasteiger partial charge in [0, 0.05) is 5.56 Å². The lowest BCUT2D eigenvalue weighted by Crippen LogP contribution is -2.10. The molecule has 0 radical (unpaired) electrons. The number of carbonyl (C=O) groups excluding carboxylic acids is 1. The molecule has 4 nitrogen and oxygen atoms in total. The fraction of sp³-hybridized carbons (Fsp3) is 0. The molecule has 0 atom stereocenters. The van der Waals surface area contributed by atoms with E-state index in [0.29, 0.717) is 5.56 Å². The third-order valence-electron chi connectivity index (χ3n) is 1.24. The Hall–Kier alpha value is -1.55. The van der Waals surface area contributed by atoms with E-state index < -0.39 is 5.91 Å². The van der Waals surface area contributed by atoms with Crippen molar-refractivity contribution in [1.82, 2.24) is 0 Å². The van der Waals surface area contributed by atoms with Crippen molar-refractivity contribution < 1.29 is 14.9 Å². The number of hydrogen-bond donors (Lipinski definition) is 2. The molecule has 0 saturated carbocycles. The van der Waals surface area contributed by atoms with Crippen LogP contribution < -0.4 is 10.6 Å². The fourth-order valence-corrected chi connectivity index (χ4v) is 0.680. The average molecular weight is 153 g/mol. The van der Waals surface area contributed by atoms with Gasteiger partial charge in [-0.3, -0.25) is 4.79 Å². The molecule has 0 bridgehead atoms. The first-order chi connectivity index (χ1) is 5.24. The minimum Gasteiger partial charge on any atom is -0.366 e. The molecule has 3 N–H and O–H groups in total. The smallest absolute Gasteiger partial charge is 0.248 e. The summed E-state index contributed by atoms with van der Waals surface area (Å²) in [5, 5.41) is 8.15. The van der Waals surface area contributed by atoms with Gasteiger partial charge in [-0.05, 0) is 24.3 Å². The van der Waals surface area contributed by atoms with Crippen LogP contribution in [0.25, 0.3) is 0 Å². The number of carbonyl (C=O) groups is 1. The average Bonchev–Trinajstić information content (AvgIpc) is 2.05. The largest absolute Gasteiger partial charge is 0.366 e. The molecular weight excluding hydrogens is 146 g/mol.